The number of anilines is 1. The average Bonchev–Trinajstić information content (AvgIpc) is 3.34. The molecule has 3 aromatic heterocycles. The van der Waals surface area contributed by atoms with E-state index in [-0.39, 0.29) is 18.0 Å². The number of benzene rings is 4. The average molecular weight is 525 g/mol. The number of imidazole rings is 1. The summed E-state index contributed by atoms with van der Waals surface area (Å²) in [4.78, 5) is 30.7. The van der Waals surface area contributed by atoms with Gasteiger partial charge in [0.25, 0.3) is 5.56 Å². The van der Waals surface area contributed by atoms with Crippen LogP contribution in [0.3, 0.4) is 0 Å². The molecule has 0 bridgehead atoms. The van der Waals surface area contributed by atoms with E-state index < -0.39 is 0 Å². The molecule has 1 amide bonds. The van der Waals surface area contributed by atoms with Crippen molar-refractivity contribution in [3.8, 4) is 11.3 Å². The Kier molecular flexibility index (Phi) is 5.41. The second-order valence-corrected chi connectivity index (χ2v) is 9.95. The second kappa shape index (κ2) is 9.13. The lowest BCUT2D eigenvalue weighted by molar-refractivity contribution is -0.117. The van der Waals surface area contributed by atoms with Crippen LogP contribution >= 0.6 is 0 Å². The van der Waals surface area contributed by atoms with Gasteiger partial charge in [0, 0.05) is 27.4 Å². The van der Waals surface area contributed by atoms with Gasteiger partial charge in [0.2, 0.25) is 5.91 Å². The van der Waals surface area contributed by atoms with Crippen molar-refractivity contribution in [2.75, 3.05) is 5.32 Å². The molecule has 0 unspecified atom stereocenters. The van der Waals surface area contributed by atoms with E-state index in [9.17, 15) is 9.59 Å². The van der Waals surface area contributed by atoms with Crippen LogP contribution in [0, 0.1) is 13.8 Å². The molecule has 4 aromatic carbocycles. The number of carbonyl (C=O) groups excluding carboxylic acids is 1. The number of fused-ring (bicyclic) bond motifs is 6. The number of aryl methyl sites for hydroxylation is 2. The lowest BCUT2D eigenvalue weighted by Gasteiger charge is -2.10. The Morgan fingerprint density at radius 3 is 2.27 bits per heavy atom. The molecular weight excluding hydrogens is 500 g/mol. The molecular formula is C32H24N6O2. The predicted octanol–water partition coefficient (Wildman–Crippen LogP) is 5.67. The molecule has 0 fully saturated rings. The maximum absolute atomic E-state index is 12.9. The Balaban J connectivity index is 1.26. The summed E-state index contributed by atoms with van der Waals surface area (Å²) in [5.41, 5.74) is 6.34. The van der Waals surface area contributed by atoms with Gasteiger partial charge in [-0.2, -0.15) is 10.2 Å². The highest BCUT2D eigenvalue weighted by molar-refractivity contribution is 6.04. The van der Waals surface area contributed by atoms with Gasteiger partial charge in [0.1, 0.15) is 6.54 Å². The minimum absolute atomic E-state index is 0.195. The van der Waals surface area contributed by atoms with E-state index in [1.807, 2.05) is 53.9 Å². The quantitative estimate of drug-likeness (QED) is 0.320. The highest BCUT2D eigenvalue weighted by atomic mass is 16.2. The van der Waals surface area contributed by atoms with Crippen LogP contribution < -0.4 is 10.9 Å². The first kappa shape index (κ1) is 23.7. The van der Waals surface area contributed by atoms with Crippen molar-refractivity contribution < 1.29 is 4.79 Å². The van der Waals surface area contributed by atoms with E-state index in [0.29, 0.717) is 22.3 Å². The van der Waals surface area contributed by atoms with Crippen molar-refractivity contribution in [3.63, 3.8) is 0 Å². The van der Waals surface area contributed by atoms with E-state index in [1.165, 1.54) is 10.2 Å². The SMILES string of the molecule is Cc1ccc(-c2nn3c4ccc(NC(=O)Cn5nc(C)c6ccccc6c5=O)cc4nc3c3ccccc23)cc1. The van der Waals surface area contributed by atoms with Crippen LogP contribution in [0.15, 0.2) is 95.8 Å². The summed E-state index contributed by atoms with van der Waals surface area (Å²) in [6.45, 7) is 3.70. The van der Waals surface area contributed by atoms with E-state index >= 15 is 0 Å². The summed E-state index contributed by atoms with van der Waals surface area (Å²) >= 11 is 0. The van der Waals surface area contributed by atoms with E-state index in [4.69, 9.17) is 10.1 Å². The molecule has 0 saturated carbocycles. The normalized spacial score (nSPS) is 11.6. The molecule has 8 heteroatoms. The van der Waals surface area contributed by atoms with Crippen LogP contribution in [0.4, 0.5) is 5.69 Å². The molecule has 40 heavy (non-hydrogen) atoms. The maximum Gasteiger partial charge on any atom is 0.275 e. The molecule has 0 aliphatic heterocycles. The third-order valence-electron chi connectivity index (χ3n) is 7.21. The van der Waals surface area contributed by atoms with E-state index in [0.717, 1.165) is 38.6 Å². The number of carbonyl (C=O) groups is 1. The van der Waals surface area contributed by atoms with Crippen LogP contribution in [0.5, 0.6) is 0 Å². The number of hydrogen-bond donors (Lipinski definition) is 1. The fourth-order valence-corrected chi connectivity index (χ4v) is 5.23. The van der Waals surface area contributed by atoms with Gasteiger partial charge in [-0.05, 0) is 38.1 Å². The molecule has 0 aliphatic rings. The van der Waals surface area contributed by atoms with Gasteiger partial charge >= 0.3 is 0 Å². The molecule has 0 aliphatic carbocycles. The summed E-state index contributed by atoms with van der Waals surface area (Å²) in [6.07, 6.45) is 0. The minimum Gasteiger partial charge on any atom is -0.324 e. The van der Waals surface area contributed by atoms with Crippen LogP contribution in [-0.2, 0) is 11.3 Å². The topological polar surface area (TPSA) is 94.2 Å². The number of aromatic nitrogens is 5. The van der Waals surface area contributed by atoms with Gasteiger partial charge in [0.15, 0.2) is 5.65 Å². The van der Waals surface area contributed by atoms with Gasteiger partial charge in [0.05, 0.1) is 27.8 Å². The summed E-state index contributed by atoms with van der Waals surface area (Å²) < 4.78 is 3.07. The molecule has 3 heterocycles. The number of rotatable bonds is 4. The Morgan fingerprint density at radius 1 is 0.800 bits per heavy atom. The lowest BCUT2D eigenvalue weighted by Crippen LogP contribution is -2.30. The van der Waals surface area contributed by atoms with Gasteiger partial charge in [-0.1, -0.05) is 72.3 Å². The molecule has 8 nitrogen and oxygen atoms in total. The summed E-state index contributed by atoms with van der Waals surface area (Å²) in [7, 11) is 0. The van der Waals surface area contributed by atoms with Crippen molar-refractivity contribution in [1.29, 1.82) is 0 Å². The Hall–Kier alpha value is -5.37. The highest BCUT2D eigenvalue weighted by Crippen LogP contribution is 2.31. The third kappa shape index (κ3) is 3.89. The standard InChI is InChI=1S/C32H24N6O2/c1-19-11-13-21(14-12-19)30-24-8-4-5-9-25(24)31-34-27-17-22(15-16-28(27)38(31)36-30)33-29(39)18-37-32(40)26-10-6-3-7-23(26)20(2)35-37/h3-17H,18H2,1-2H3,(H,33,39). The van der Waals surface area contributed by atoms with Gasteiger partial charge in [-0.3, -0.25) is 9.59 Å². The molecule has 0 radical (unpaired) electrons. The molecule has 7 aromatic rings. The van der Waals surface area contributed by atoms with Crippen molar-refractivity contribution in [1.82, 2.24) is 24.4 Å². The number of hydrogen-bond acceptors (Lipinski definition) is 5. The van der Waals surface area contributed by atoms with Gasteiger partial charge in [-0.25, -0.2) is 14.2 Å². The first-order valence-electron chi connectivity index (χ1n) is 13.0. The lowest BCUT2D eigenvalue weighted by atomic mass is 10.0. The van der Waals surface area contributed by atoms with Gasteiger partial charge in [-0.15, -0.1) is 0 Å². The third-order valence-corrected chi connectivity index (χ3v) is 7.21. The highest BCUT2D eigenvalue weighted by Gasteiger charge is 2.16. The predicted molar refractivity (Wildman–Crippen MR) is 158 cm³/mol. The number of nitrogens with zero attached hydrogens (tertiary/aromatic N) is 5. The molecule has 1 N–H and O–H groups in total. The van der Waals surface area contributed by atoms with Crippen molar-refractivity contribution >= 4 is 49.8 Å². The van der Waals surface area contributed by atoms with E-state index in [1.54, 1.807) is 12.1 Å². The number of nitrogens with one attached hydrogen (secondary N) is 1. The molecule has 0 saturated heterocycles. The van der Waals surface area contributed by atoms with E-state index in [2.05, 4.69) is 53.7 Å². The number of amides is 1. The molecule has 7 rings (SSSR count). The smallest absolute Gasteiger partial charge is 0.275 e. The molecule has 0 atom stereocenters. The van der Waals surface area contributed by atoms with Crippen molar-refractivity contribution in [2.24, 2.45) is 0 Å². The van der Waals surface area contributed by atoms with Crippen LogP contribution in [0.25, 0.3) is 49.5 Å². The fraction of sp³-hybridized carbons (Fsp3) is 0.0938. The summed E-state index contributed by atoms with van der Waals surface area (Å²) in [5, 5.41) is 15.6. The summed E-state index contributed by atoms with van der Waals surface area (Å²) in [6, 6.07) is 29.3. The van der Waals surface area contributed by atoms with Gasteiger partial charge < -0.3 is 5.32 Å². The van der Waals surface area contributed by atoms with Crippen LogP contribution in [0.2, 0.25) is 0 Å². The van der Waals surface area contributed by atoms with Crippen LogP contribution in [-0.4, -0.2) is 30.3 Å². The Morgan fingerprint density at radius 2 is 1.50 bits per heavy atom. The first-order chi connectivity index (χ1) is 19.5. The fourth-order valence-electron chi connectivity index (χ4n) is 5.23. The Labute approximate surface area is 228 Å². The largest absolute Gasteiger partial charge is 0.324 e. The second-order valence-electron chi connectivity index (χ2n) is 9.95. The van der Waals surface area contributed by atoms with Crippen molar-refractivity contribution in [2.45, 2.75) is 20.4 Å². The summed E-state index contributed by atoms with van der Waals surface area (Å²) in [5.74, 6) is -0.349. The monoisotopic (exact) mass is 524 g/mol. The maximum atomic E-state index is 12.9. The zero-order valence-corrected chi connectivity index (χ0v) is 21.9. The first-order valence-corrected chi connectivity index (χ1v) is 13.0. The zero-order valence-electron chi connectivity index (χ0n) is 21.9. The van der Waals surface area contributed by atoms with Crippen molar-refractivity contribution in [3.05, 3.63) is 113 Å². The zero-order chi connectivity index (χ0) is 27.4. The Bertz CT molecular complexity index is 2180. The van der Waals surface area contributed by atoms with Crippen LogP contribution in [0.1, 0.15) is 11.3 Å². The minimum atomic E-state index is -0.349. The molecule has 0 spiro atoms. The molecule has 194 valence electrons.